The number of halogens is 1. The second kappa shape index (κ2) is 8.32. The van der Waals surface area contributed by atoms with Crippen molar-refractivity contribution >= 4 is 0 Å². The summed E-state index contributed by atoms with van der Waals surface area (Å²) in [4.78, 5) is 2.13. The van der Waals surface area contributed by atoms with E-state index in [1.54, 1.807) is 12.1 Å². The molecule has 5 heteroatoms. The summed E-state index contributed by atoms with van der Waals surface area (Å²) in [5.41, 5.74) is 0. The van der Waals surface area contributed by atoms with Crippen molar-refractivity contribution in [2.75, 3.05) is 40.0 Å². The average Bonchev–Trinajstić information content (AvgIpc) is 2.47. The van der Waals surface area contributed by atoms with E-state index >= 15 is 0 Å². The molecule has 1 saturated heterocycles. The lowest BCUT2D eigenvalue weighted by Crippen LogP contribution is -2.37. The summed E-state index contributed by atoms with van der Waals surface area (Å²) in [5.74, 6) is 0.926. The highest BCUT2D eigenvalue weighted by molar-refractivity contribution is 5.22. The van der Waals surface area contributed by atoms with E-state index in [0.717, 1.165) is 32.6 Å². The number of benzene rings is 1. The van der Waals surface area contributed by atoms with Crippen LogP contribution in [0.2, 0.25) is 0 Å². The van der Waals surface area contributed by atoms with E-state index in [1.165, 1.54) is 12.1 Å². The minimum absolute atomic E-state index is 0.212. The molecule has 1 atom stereocenters. The Bertz CT molecular complexity index is 406. The van der Waals surface area contributed by atoms with Crippen molar-refractivity contribution in [2.24, 2.45) is 5.92 Å². The number of hydrogen-bond acceptors (Lipinski definition) is 4. The first-order valence-corrected chi connectivity index (χ1v) is 7.46. The van der Waals surface area contributed by atoms with Crippen molar-refractivity contribution in [1.82, 2.24) is 4.90 Å². The standard InChI is InChI=1S/C16H24FNO3/c1-18(10-13-6-8-20-9-7-13)11-15(19)12-21-16-4-2-14(17)3-5-16/h2-5,13,15,19H,6-12H2,1H3. The predicted octanol–water partition coefficient (Wildman–Crippen LogP) is 1.92. The minimum Gasteiger partial charge on any atom is -0.491 e. The molecular formula is C16H24FNO3. The minimum atomic E-state index is -0.556. The fourth-order valence-electron chi connectivity index (χ4n) is 2.58. The van der Waals surface area contributed by atoms with Gasteiger partial charge in [0.25, 0.3) is 0 Å². The molecule has 4 nitrogen and oxygen atoms in total. The van der Waals surface area contributed by atoms with Gasteiger partial charge in [0.2, 0.25) is 0 Å². The topological polar surface area (TPSA) is 41.9 Å². The number of aliphatic hydroxyl groups excluding tert-OH is 1. The molecule has 1 fully saturated rings. The quantitative estimate of drug-likeness (QED) is 0.835. The van der Waals surface area contributed by atoms with E-state index in [1.807, 2.05) is 7.05 Å². The number of likely N-dealkylation sites (N-methyl/N-ethyl adjacent to an activating group) is 1. The highest BCUT2D eigenvalue weighted by Crippen LogP contribution is 2.16. The molecule has 1 aliphatic heterocycles. The van der Waals surface area contributed by atoms with E-state index in [-0.39, 0.29) is 12.4 Å². The molecule has 0 spiro atoms. The molecule has 1 unspecified atom stereocenters. The van der Waals surface area contributed by atoms with E-state index in [2.05, 4.69) is 4.90 Å². The SMILES string of the molecule is CN(CC(O)COc1ccc(F)cc1)CC1CCOCC1. The molecule has 0 radical (unpaired) electrons. The monoisotopic (exact) mass is 297 g/mol. The zero-order valence-electron chi connectivity index (χ0n) is 12.5. The van der Waals surface area contributed by atoms with Crippen LogP contribution < -0.4 is 4.74 Å². The van der Waals surface area contributed by atoms with Gasteiger partial charge in [-0.25, -0.2) is 4.39 Å². The van der Waals surface area contributed by atoms with Crippen LogP contribution in [0.15, 0.2) is 24.3 Å². The van der Waals surface area contributed by atoms with Gasteiger partial charge >= 0.3 is 0 Å². The highest BCUT2D eigenvalue weighted by Gasteiger charge is 2.17. The van der Waals surface area contributed by atoms with E-state index in [4.69, 9.17) is 9.47 Å². The summed E-state index contributed by atoms with van der Waals surface area (Å²) in [6.07, 6.45) is 1.62. The largest absolute Gasteiger partial charge is 0.491 e. The Kier molecular flexibility index (Phi) is 6.42. The smallest absolute Gasteiger partial charge is 0.123 e. The van der Waals surface area contributed by atoms with Gasteiger partial charge in [0.15, 0.2) is 0 Å². The zero-order chi connectivity index (χ0) is 15.1. The molecule has 0 aromatic heterocycles. The van der Waals surface area contributed by atoms with Gasteiger partial charge in [-0.2, -0.15) is 0 Å². The van der Waals surface area contributed by atoms with E-state index < -0.39 is 6.10 Å². The van der Waals surface area contributed by atoms with E-state index in [0.29, 0.717) is 18.2 Å². The second-order valence-corrected chi connectivity index (χ2v) is 5.70. The Hall–Kier alpha value is -1.17. The van der Waals surface area contributed by atoms with Gasteiger partial charge < -0.3 is 19.5 Å². The first-order chi connectivity index (χ1) is 10.1. The van der Waals surface area contributed by atoms with Crippen LogP contribution in [0.3, 0.4) is 0 Å². The summed E-state index contributed by atoms with van der Waals surface area (Å²) >= 11 is 0. The van der Waals surface area contributed by atoms with Crippen molar-refractivity contribution in [3.05, 3.63) is 30.1 Å². The Labute approximate surface area is 125 Å². The van der Waals surface area contributed by atoms with Crippen molar-refractivity contribution < 1.29 is 19.0 Å². The number of rotatable bonds is 7. The number of ether oxygens (including phenoxy) is 2. The van der Waals surface area contributed by atoms with Gasteiger partial charge in [-0.1, -0.05) is 0 Å². The molecule has 0 saturated carbocycles. The van der Waals surface area contributed by atoms with Crippen LogP contribution >= 0.6 is 0 Å². The van der Waals surface area contributed by atoms with Crippen LogP contribution in [-0.2, 0) is 4.74 Å². The third kappa shape index (κ3) is 5.99. The fraction of sp³-hybridized carbons (Fsp3) is 0.625. The molecule has 21 heavy (non-hydrogen) atoms. The van der Waals surface area contributed by atoms with Gasteiger partial charge in [-0.3, -0.25) is 0 Å². The molecule has 1 aromatic rings. The van der Waals surface area contributed by atoms with Gasteiger partial charge in [-0.05, 0) is 50.1 Å². The normalized spacial score (nSPS) is 17.9. The third-order valence-electron chi connectivity index (χ3n) is 3.69. The Morgan fingerprint density at radius 1 is 1.33 bits per heavy atom. The molecule has 0 aliphatic carbocycles. The molecule has 1 aromatic carbocycles. The van der Waals surface area contributed by atoms with E-state index in [9.17, 15) is 9.50 Å². The summed E-state index contributed by atoms with van der Waals surface area (Å²) in [6.45, 7) is 3.43. The lowest BCUT2D eigenvalue weighted by atomic mass is 10.00. The van der Waals surface area contributed by atoms with Crippen molar-refractivity contribution in [3.63, 3.8) is 0 Å². The van der Waals surface area contributed by atoms with Crippen LogP contribution in [0.5, 0.6) is 5.75 Å². The first kappa shape index (κ1) is 16.2. The maximum atomic E-state index is 12.8. The Morgan fingerprint density at radius 2 is 2.00 bits per heavy atom. The van der Waals surface area contributed by atoms with Crippen LogP contribution in [0.25, 0.3) is 0 Å². The molecule has 2 rings (SSSR count). The van der Waals surface area contributed by atoms with Crippen LogP contribution in [-0.4, -0.2) is 56.1 Å². The van der Waals surface area contributed by atoms with Crippen molar-refractivity contribution in [2.45, 2.75) is 18.9 Å². The molecule has 118 valence electrons. The lowest BCUT2D eigenvalue weighted by Gasteiger charge is -2.28. The summed E-state index contributed by atoms with van der Waals surface area (Å²) in [7, 11) is 2.01. The molecule has 0 amide bonds. The van der Waals surface area contributed by atoms with Gasteiger partial charge in [0, 0.05) is 26.3 Å². The summed E-state index contributed by atoms with van der Waals surface area (Å²) in [6, 6.07) is 5.82. The lowest BCUT2D eigenvalue weighted by molar-refractivity contribution is 0.0399. The first-order valence-electron chi connectivity index (χ1n) is 7.46. The third-order valence-corrected chi connectivity index (χ3v) is 3.69. The van der Waals surface area contributed by atoms with Crippen molar-refractivity contribution in [3.8, 4) is 5.75 Å². The Morgan fingerprint density at radius 3 is 2.67 bits per heavy atom. The Balaban J connectivity index is 1.65. The predicted molar refractivity (Wildman–Crippen MR) is 78.9 cm³/mol. The molecule has 1 heterocycles. The maximum Gasteiger partial charge on any atom is 0.123 e. The van der Waals surface area contributed by atoms with Gasteiger partial charge in [0.05, 0.1) is 0 Å². The zero-order valence-corrected chi connectivity index (χ0v) is 12.5. The van der Waals surface area contributed by atoms with Crippen molar-refractivity contribution in [1.29, 1.82) is 0 Å². The number of aliphatic hydroxyl groups is 1. The number of nitrogens with zero attached hydrogens (tertiary/aromatic N) is 1. The van der Waals surface area contributed by atoms with Crippen LogP contribution in [0.4, 0.5) is 4.39 Å². The average molecular weight is 297 g/mol. The van der Waals surface area contributed by atoms with Gasteiger partial charge in [-0.15, -0.1) is 0 Å². The molecule has 1 N–H and O–H groups in total. The second-order valence-electron chi connectivity index (χ2n) is 5.70. The fourth-order valence-corrected chi connectivity index (χ4v) is 2.58. The van der Waals surface area contributed by atoms with Crippen LogP contribution in [0.1, 0.15) is 12.8 Å². The van der Waals surface area contributed by atoms with Crippen LogP contribution in [0, 0.1) is 11.7 Å². The molecule has 0 bridgehead atoms. The summed E-state index contributed by atoms with van der Waals surface area (Å²) < 4.78 is 23.6. The molecular weight excluding hydrogens is 273 g/mol. The number of hydrogen-bond donors (Lipinski definition) is 1. The maximum absolute atomic E-state index is 12.8. The van der Waals surface area contributed by atoms with Gasteiger partial charge in [0.1, 0.15) is 24.3 Å². The highest BCUT2D eigenvalue weighted by atomic mass is 19.1. The summed E-state index contributed by atoms with van der Waals surface area (Å²) in [5, 5.41) is 10.00. The molecule has 1 aliphatic rings.